The van der Waals surface area contributed by atoms with Gasteiger partial charge in [-0.1, -0.05) is 0 Å². The Morgan fingerprint density at radius 1 is 1.38 bits per heavy atom. The minimum atomic E-state index is -1.07. The van der Waals surface area contributed by atoms with Crippen LogP contribution in [0, 0.1) is 0 Å². The Morgan fingerprint density at radius 3 is 2.56 bits per heavy atom. The number of rotatable bonds is 5. The summed E-state index contributed by atoms with van der Waals surface area (Å²) in [6, 6.07) is 4.06. The van der Waals surface area contributed by atoms with Crippen LogP contribution in [0.5, 0.6) is 11.5 Å². The molecule has 1 aromatic rings. The first-order valence-corrected chi connectivity index (χ1v) is 4.37. The molecule has 1 amide bonds. The monoisotopic (exact) mass is 225 g/mol. The minimum Gasteiger partial charge on any atom is -0.493 e. The van der Waals surface area contributed by atoms with E-state index in [1.165, 1.54) is 25.3 Å². The number of carbonyl (C=O) groups excluding carboxylic acids is 1. The van der Waals surface area contributed by atoms with E-state index in [0.717, 1.165) is 0 Å². The van der Waals surface area contributed by atoms with Crippen LogP contribution >= 0.6 is 0 Å². The van der Waals surface area contributed by atoms with Gasteiger partial charge in [0, 0.05) is 0 Å². The maximum Gasteiger partial charge on any atom is 0.335 e. The molecule has 0 heterocycles. The largest absolute Gasteiger partial charge is 0.493 e. The second-order valence-corrected chi connectivity index (χ2v) is 2.93. The van der Waals surface area contributed by atoms with Crippen LogP contribution in [0.3, 0.4) is 0 Å². The number of benzene rings is 1. The highest BCUT2D eigenvalue weighted by molar-refractivity contribution is 5.88. The Labute approximate surface area is 91.6 Å². The third kappa shape index (κ3) is 2.88. The molecule has 0 saturated carbocycles. The van der Waals surface area contributed by atoms with Crippen molar-refractivity contribution in [2.75, 3.05) is 13.7 Å². The van der Waals surface area contributed by atoms with Crippen molar-refractivity contribution < 1.29 is 24.2 Å². The quantitative estimate of drug-likeness (QED) is 0.748. The fraction of sp³-hybridized carbons (Fsp3) is 0.200. The number of hydrogen-bond acceptors (Lipinski definition) is 4. The lowest BCUT2D eigenvalue weighted by Gasteiger charge is -2.09. The van der Waals surface area contributed by atoms with Crippen LogP contribution in [0.4, 0.5) is 0 Å². The highest BCUT2D eigenvalue weighted by Gasteiger charge is 2.10. The topological polar surface area (TPSA) is 98.8 Å². The standard InChI is InChI=1S/C10H11NO5/c1-15-8-4-6(10(13)14)2-3-7(8)16-5-9(11)12/h2-4H,5H2,1H3,(H2,11,12)(H,13,14). The highest BCUT2D eigenvalue weighted by atomic mass is 16.5. The van der Waals surface area contributed by atoms with Crippen molar-refractivity contribution in [2.45, 2.75) is 0 Å². The highest BCUT2D eigenvalue weighted by Crippen LogP contribution is 2.27. The number of amides is 1. The van der Waals surface area contributed by atoms with Crippen LogP contribution in [0.2, 0.25) is 0 Å². The lowest BCUT2D eigenvalue weighted by Crippen LogP contribution is -2.20. The SMILES string of the molecule is COc1cc(C(=O)O)ccc1OCC(N)=O. The predicted molar refractivity (Wildman–Crippen MR) is 54.6 cm³/mol. The molecule has 16 heavy (non-hydrogen) atoms. The molecule has 86 valence electrons. The second-order valence-electron chi connectivity index (χ2n) is 2.93. The molecular weight excluding hydrogens is 214 g/mol. The first-order chi connectivity index (χ1) is 7.54. The normalized spacial score (nSPS) is 9.56. The van der Waals surface area contributed by atoms with E-state index in [2.05, 4.69) is 0 Å². The van der Waals surface area contributed by atoms with Gasteiger partial charge >= 0.3 is 5.97 Å². The molecule has 6 nitrogen and oxygen atoms in total. The number of primary amides is 1. The molecule has 1 rings (SSSR count). The number of hydrogen-bond donors (Lipinski definition) is 2. The Kier molecular flexibility index (Phi) is 3.71. The van der Waals surface area contributed by atoms with Crippen molar-refractivity contribution in [1.29, 1.82) is 0 Å². The number of carbonyl (C=O) groups is 2. The molecule has 6 heteroatoms. The maximum atomic E-state index is 10.7. The van der Waals surface area contributed by atoms with Crippen LogP contribution in [0.1, 0.15) is 10.4 Å². The van der Waals surface area contributed by atoms with E-state index in [-0.39, 0.29) is 23.7 Å². The van der Waals surface area contributed by atoms with Crippen LogP contribution < -0.4 is 15.2 Å². The molecule has 3 N–H and O–H groups in total. The molecule has 0 aliphatic carbocycles. The van der Waals surface area contributed by atoms with Gasteiger partial charge in [-0.3, -0.25) is 4.79 Å². The number of ether oxygens (including phenoxy) is 2. The summed E-state index contributed by atoms with van der Waals surface area (Å²) in [7, 11) is 1.37. The number of nitrogens with two attached hydrogens (primary N) is 1. The Bertz CT molecular complexity index is 416. The zero-order chi connectivity index (χ0) is 12.1. The summed E-state index contributed by atoms with van der Waals surface area (Å²) in [6.45, 7) is -0.289. The molecule has 0 bridgehead atoms. The van der Waals surface area contributed by atoms with Gasteiger partial charge in [0.25, 0.3) is 5.91 Å². The zero-order valence-electron chi connectivity index (χ0n) is 8.60. The van der Waals surface area contributed by atoms with E-state index in [1.807, 2.05) is 0 Å². The molecule has 0 aliphatic heterocycles. The average Bonchev–Trinajstić information content (AvgIpc) is 2.25. The lowest BCUT2D eigenvalue weighted by molar-refractivity contribution is -0.119. The van der Waals surface area contributed by atoms with Gasteiger partial charge in [0.15, 0.2) is 18.1 Å². The maximum absolute atomic E-state index is 10.7. The summed E-state index contributed by atoms with van der Waals surface area (Å²) < 4.78 is 9.96. The van der Waals surface area contributed by atoms with E-state index in [0.29, 0.717) is 0 Å². The van der Waals surface area contributed by atoms with Gasteiger partial charge < -0.3 is 20.3 Å². The van der Waals surface area contributed by atoms with Gasteiger partial charge in [-0.25, -0.2) is 4.79 Å². The van der Waals surface area contributed by atoms with E-state index in [9.17, 15) is 9.59 Å². The fourth-order valence-corrected chi connectivity index (χ4v) is 1.07. The molecule has 0 fully saturated rings. The molecular formula is C10H11NO5. The average molecular weight is 225 g/mol. The smallest absolute Gasteiger partial charge is 0.335 e. The molecule has 0 spiro atoms. The van der Waals surface area contributed by atoms with Crippen LogP contribution in [-0.4, -0.2) is 30.7 Å². The lowest BCUT2D eigenvalue weighted by atomic mass is 10.2. The molecule has 0 saturated heterocycles. The van der Waals surface area contributed by atoms with Crippen molar-refractivity contribution in [3.63, 3.8) is 0 Å². The summed E-state index contributed by atoms with van der Waals surface area (Å²) in [5, 5.41) is 8.74. The van der Waals surface area contributed by atoms with Crippen molar-refractivity contribution in [2.24, 2.45) is 5.73 Å². The van der Waals surface area contributed by atoms with E-state index < -0.39 is 11.9 Å². The van der Waals surface area contributed by atoms with Gasteiger partial charge in [0.1, 0.15) is 0 Å². The summed E-state index contributed by atoms with van der Waals surface area (Å²) in [5.41, 5.74) is 4.98. The van der Waals surface area contributed by atoms with Crippen molar-refractivity contribution in [3.8, 4) is 11.5 Å². The van der Waals surface area contributed by atoms with Gasteiger partial charge in [-0.15, -0.1) is 0 Å². The van der Waals surface area contributed by atoms with Crippen molar-refractivity contribution in [1.82, 2.24) is 0 Å². The van der Waals surface area contributed by atoms with Gasteiger partial charge in [-0.05, 0) is 18.2 Å². The van der Waals surface area contributed by atoms with E-state index >= 15 is 0 Å². The molecule has 1 aromatic carbocycles. The molecule has 0 radical (unpaired) electrons. The van der Waals surface area contributed by atoms with Gasteiger partial charge in [0.05, 0.1) is 12.7 Å². The molecule has 0 aromatic heterocycles. The van der Waals surface area contributed by atoms with Gasteiger partial charge in [0.2, 0.25) is 0 Å². The summed E-state index contributed by atoms with van der Waals surface area (Å²) in [4.78, 5) is 21.2. The predicted octanol–water partition coefficient (Wildman–Crippen LogP) is 0.257. The molecule has 0 aliphatic rings. The first kappa shape index (κ1) is 11.8. The number of carboxylic acids is 1. The Balaban J connectivity index is 2.93. The number of carboxylic acid groups (broad SMARTS) is 1. The summed E-state index contributed by atoms with van der Waals surface area (Å²) in [6.07, 6.45) is 0. The third-order valence-corrected chi connectivity index (χ3v) is 1.78. The van der Waals surface area contributed by atoms with E-state index in [4.69, 9.17) is 20.3 Å². The second kappa shape index (κ2) is 5.01. The van der Waals surface area contributed by atoms with Crippen LogP contribution in [0.15, 0.2) is 18.2 Å². The van der Waals surface area contributed by atoms with Crippen molar-refractivity contribution in [3.05, 3.63) is 23.8 Å². The number of aromatic carboxylic acids is 1. The third-order valence-electron chi connectivity index (χ3n) is 1.78. The Morgan fingerprint density at radius 2 is 2.06 bits per heavy atom. The zero-order valence-corrected chi connectivity index (χ0v) is 8.60. The summed E-state index contributed by atoms with van der Waals surface area (Å²) >= 11 is 0. The number of methoxy groups -OCH3 is 1. The molecule has 0 atom stereocenters. The van der Waals surface area contributed by atoms with Crippen molar-refractivity contribution >= 4 is 11.9 Å². The first-order valence-electron chi connectivity index (χ1n) is 4.37. The summed E-state index contributed by atoms with van der Waals surface area (Å²) in [5.74, 6) is -1.18. The molecule has 0 unspecified atom stereocenters. The van der Waals surface area contributed by atoms with Crippen LogP contribution in [0.25, 0.3) is 0 Å². The van der Waals surface area contributed by atoms with Gasteiger partial charge in [-0.2, -0.15) is 0 Å². The minimum absolute atomic E-state index is 0.0725. The fourth-order valence-electron chi connectivity index (χ4n) is 1.07. The van der Waals surface area contributed by atoms with E-state index in [1.54, 1.807) is 0 Å². The Hall–Kier alpha value is -2.24. The van der Waals surface area contributed by atoms with Crippen LogP contribution in [-0.2, 0) is 4.79 Å².